The number of fused-ring (bicyclic) bond motifs is 3. The van der Waals surface area contributed by atoms with Crippen molar-refractivity contribution in [3.8, 4) is 0 Å². The number of hydrogen-bond acceptors (Lipinski definition) is 4. The summed E-state index contributed by atoms with van der Waals surface area (Å²) in [6, 6.07) is 17.1. The number of piperidine rings is 2. The highest BCUT2D eigenvalue weighted by Gasteiger charge is 2.44. The van der Waals surface area contributed by atoms with E-state index in [4.69, 9.17) is 10.7 Å². The lowest BCUT2D eigenvalue weighted by Gasteiger charge is -2.46. The largest absolute Gasteiger partial charge is 0.370 e. The third-order valence-corrected chi connectivity index (χ3v) is 10.6. The molecule has 230 valence electrons. The number of para-hydroxylation sites is 2. The maximum absolute atomic E-state index is 14.5. The first-order chi connectivity index (χ1) is 20.5. The lowest BCUT2D eigenvalue weighted by molar-refractivity contribution is -0.135. The average molecular weight is 588 g/mol. The number of likely N-dealkylation sites (tertiary alicyclic amines) is 1. The fourth-order valence-electron chi connectivity index (χ4n) is 8.53. The first kappa shape index (κ1) is 29.8. The molecular weight excluding hydrogens is 541 g/mol. The zero-order valence-corrected chi connectivity index (χ0v) is 25.9. The van der Waals surface area contributed by atoms with Crippen molar-refractivity contribution in [2.24, 2.45) is 11.1 Å². The summed E-state index contributed by atoms with van der Waals surface area (Å²) in [5, 5.41) is 0. The minimum absolute atomic E-state index is 0.0709. The fourth-order valence-corrected chi connectivity index (χ4v) is 8.53. The molecule has 7 nitrogen and oxygen atoms in total. The van der Waals surface area contributed by atoms with Crippen molar-refractivity contribution in [2.75, 3.05) is 19.6 Å². The molecule has 3 aromatic rings. The fraction of sp³-hybridized carbons (Fsp3) is 0.571. The molecule has 0 radical (unpaired) electrons. The number of carbonyl (C=O) groups is 2. The summed E-state index contributed by atoms with van der Waals surface area (Å²) in [5.74, 6) is 0.588. The summed E-state index contributed by atoms with van der Waals surface area (Å²) >= 11 is 0. The number of nitrogens with two attached hydrogens (primary N) is 1. The molecule has 0 unspecified atom stereocenters. The number of nitrogens with zero attached hydrogens (tertiary/aromatic N) is 4. The molecular formula is C35H46FN5O2. The Morgan fingerprint density at radius 2 is 1.70 bits per heavy atom. The van der Waals surface area contributed by atoms with Crippen LogP contribution in [-0.2, 0) is 15.0 Å². The van der Waals surface area contributed by atoms with Crippen molar-refractivity contribution in [2.45, 2.75) is 102 Å². The number of primary amides is 1. The highest BCUT2D eigenvalue weighted by Crippen LogP contribution is 2.45. The summed E-state index contributed by atoms with van der Waals surface area (Å²) in [6.07, 6.45) is 7.78. The van der Waals surface area contributed by atoms with E-state index in [1.807, 2.05) is 24.8 Å². The zero-order chi connectivity index (χ0) is 30.4. The molecule has 1 aromatic heterocycles. The Morgan fingerprint density at radius 3 is 2.37 bits per heavy atom. The number of halogens is 1. The van der Waals surface area contributed by atoms with Gasteiger partial charge in [0.15, 0.2) is 0 Å². The first-order valence-electron chi connectivity index (χ1n) is 16.1. The number of benzene rings is 2. The van der Waals surface area contributed by atoms with Crippen molar-refractivity contribution in [1.29, 1.82) is 0 Å². The molecule has 6 rings (SSSR count). The van der Waals surface area contributed by atoms with E-state index >= 15 is 0 Å². The van der Waals surface area contributed by atoms with Crippen LogP contribution in [0.2, 0.25) is 0 Å². The molecule has 0 aliphatic carbocycles. The maximum Gasteiger partial charge on any atom is 0.223 e. The second-order valence-electron chi connectivity index (χ2n) is 14.2. The standard InChI is InChI=1S/C35H46FN5O2/c1-24-38-30-9-4-5-10-31(30)41(24)29-20-27-11-12-28(21-29)40(27)18-15-35(25-7-6-8-26(36)19-25)13-16-39(17-14-35)33(43)23-34(2,3)22-32(37)42/h4-10,19,27-29H,11-18,20-23H2,1-3H3,(H2,37,42)/t27-,28+,29+. The van der Waals surface area contributed by atoms with Gasteiger partial charge in [-0.1, -0.05) is 38.1 Å². The van der Waals surface area contributed by atoms with Gasteiger partial charge in [0.05, 0.1) is 11.0 Å². The molecule has 3 aliphatic heterocycles. The molecule has 3 saturated heterocycles. The predicted molar refractivity (Wildman–Crippen MR) is 167 cm³/mol. The van der Waals surface area contributed by atoms with Crippen LogP contribution in [-0.4, -0.2) is 62.9 Å². The van der Waals surface area contributed by atoms with Crippen LogP contribution in [0.3, 0.4) is 0 Å². The van der Waals surface area contributed by atoms with Crippen molar-refractivity contribution in [1.82, 2.24) is 19.4 Å². The van der Waals surface area contributed by atoms with Gasteiger partial charge in [-0.3, -0.25) is 14.5 Å². The van der Waals surface area contributed by atoms with Gasteiger partial charge >= 0.3 is 0 Å². The van der Waals surface area contributed by atoms with Crippen LogP contribution >= 0.6 is 0 Å². The van der Waals surface area contributed by atoms with Gasteiger partial charge in [0.25, 0.3) is 0 Å². The topological polar surface area (TPSA) is 84.5 Å². The molecule has 3 fully saturated rings. The first-order valence-corrected chi connectivity index (χ1v) is 16.1. The normalized spacial score (nSPS) is 24.0. The number of amides is 2. The zero-order valence-electron chi connectivity index (χ0n) is 25.9. The van der Waals surface area contributed by atoms with Crippen LogP contribution < -0.4 is 5.73 Å². The summed E-state index contributed by atoms with van der Waals surface area (Å²) in [6.45, 7) is 8.25. The Labute approximate surface area is 254 Å². The summed E-state index contributed by atoms with van der Waals surface area (Å²) in [4.78, 5) is 34.3. The van der Waals surface area contributed by atoms with Crippen LogP contribution in [0.15, 0.2) is 48.5 Å². The molecule has 0 spiro atoms. The van der Waals surface area contributed by atoms with Gasteiger partial charge in [-0.05, 0) is 99.1 Å². The molecule has 4 heterocycles. The van der Waals surface area contributed by atoms with E-state index in [-0.39, 0.29) is 29.5 Å². The number of aryl methyl sites for hydroxylation is 1. The van der Waals surface area contributed by atoms with E-state index in [9.17, 15) is 14.0 Å². The third-order valence-electron chi connectivity index (χ3n) is 10.6. The molecule has 2 N–H and O–H groups in total. The van der Waals surface area contributed by atoms with Crippen LogP contribution in [0.25, 0.3) is 11.0 Å². The van der Waals surface area contributed by atoms with Crippen molar-refractivity contribution in [3.63, 3.8) is 0 Å². The Hall–Kier alpha value is -3.26. The van der Waals surface area contributed by atoms with Gasteiger partial charge in [-0.25, -0.2) is 9.37 Å². The minimum atomic E-state index is -0.465. The monoisotopic (exact) mass is 587 g/mol. The molecule has 2 bridgehead atoms. The predicted octanol–water partition coefficient (Wildman–Crippen LogP) is 5.89. The molecule has 43 heavy (non-hydrogen) atoms. The Balaban J connectivity index is 1.15. The van der Waals surface area contributed by atoms with Gasteiger partial charge in [0.1, 0.15) is 11.6 Å². The molecule has 8 heteroatoms. The highest BCUT2D eigenvalue weighted by molar-refractivity contribution is 5.79. The van der Waals surface area contributed by atoms with Crippen molar-refractivity contribution in [3.05, 3.63) is 65.7 Å². The van der Waals surface area contributed by atoms with E-state index < -0.39 is 5.41 Å². The lowest BCUT2D eigenvalue weighted by Crippen LogP contribution is -2.49. The number of imidazole rings is 1. The van der Waals surface area contributed by atoms with Crippen LogP contribution in [0, 0.1) is 18.2 Å². The Kier molecular flexibility index (Phi) is 8.09. The molecule has 0 saturated carbocycles. The van der Waals surface area contributed by atoms with Gasteiger partial charge in [-0.2, -0.15) is 0 Å². The maximum atomic E-state index is 14.5. The van der Waals surface area contributed by atoms with Crippen LogP contribution in [0.1, 0.15) is 89.1 Å². The van der Waals surface area contributed by atoms with Crippen molar-refractivity contribution < 1.29 is 14.0 Å². The summed E-state index contributed by atoms with van der Waals surface area (Å²) < 4.78 is 17.0. The second-order valence-corrected chi connectivity index (χ2v) is 14.2. The number of aromatic nitrogens is 2. The van der Waals surface area contributed by atoms with E-state index in [1.165, 1.54) is 24.4 Å². The van der Waals surface area contributed by atoms with Gasteiger partial charge in [0, 0.05) is 44.1 Å². The molecule has 3 atom stereocenters. The van der Waals surface area contributed by atoms with Gasteiger partial charge in [0.2, 0.25) is 11.8 Å². The Morgan fingerprint density at radius 1 is 1.00 bits per heavy atom. The summed E-state index contributed by atoms with van der Waals surface area (Å²) in [7, 11) is 0. The van der Waals surface area contributed by atoms with E-state index in [0.29, 0.717) is 37.6 Å². The SMILES string of the molecule is Cc1nc2ccccc2n1[C@H]1C[C@H]2CC[C@@H](C1)N2CCC1(c2cccc(F)c2)CCN(C(=O)CC(C)(C)CC(N)=O)CC1. The molecule has 2 amide bonds. The molecule has 2 aromatic carbocycles. The van der Waals surface area contributed by atoms with E-state index in [0.717, 1.165) is 55.6 Å². The van der Waals surface area contributed by atoms with Crippen LogP contribution in [0.5, 0.6) is 0 Å². The van der Waals surface area contributed by atoms with E-state index in [2.05, 4.69) is 46.7 Å². The minimum Gasteiger partial charge on any atom is -0.370 e. The third kappa shape index (κ3) is 6.08. The lowest BCUT2D eigenvalue weighted by atomic mass is 9.70. The smallest absolute Gasteiger partial charge is 0.223 e. The van der Waals surface area contributed by atoms with Gasteiger partial charge < -0.3 is 15.2 Å². The average Bonchev–Trinajstić information content (AvgIpc) is 3.41. The van der Waals surface area contributed by atoms with Crippen molar-refractivity contribution >= 4 is 22.8 Å². The summed E-state index contributed by atoms with van der Waals surface area (Å²) in [5.41, 5.74) is 8.15. The number of rotatable bonds is 9. The number of carbonyl (C=O) groups excluding carboxylic acids is 2. The van der Waals surface area contributed by atoms with Crippen LogP contribution in [0.4, 0.5) is 4.39 Å². The molecule has 3 aliphatic rings. The number of hydrogen-bond donors (Lipinski definition) is 1. The highest BCUT2D eigenvalue weighted by atomic mass is 19.1. The van der Waals surface area contributed by atoms with Gasteiger partial charge in [-0.15, -0.1) is 0 Å². The quantitative estimate of drug-likeness (QED) is 0.338. The second kappa shape index (κ2) is 11.7. The van der Waals surface area contributed by atoms with E-state index in [1.54, 1.807) is 6.07 Å². The Bertz CT molecular complexity index is 1480.